The van der Waals surface area contributed by atoms with Crippen LogP contribution in [0.5, 0.6) is 11.5 Å². The van der Waals surface area contributed by atoms with Crippen LogP contribution >= 0.6 is 0 Å². The van der Waals surface area contributed by atoms with Crippen molar-refractivity contribution < 1.29 is 33.8 Å². The molecule has 1 unspecified atom stereocenters. The molecule has 0 saturated carbocycles. The van der Waals surface area contributed by atoms with Crippen LogP contribution in [0.25, 0.3) is 0 Å². The van der Waals surface area contributed by atoms with Crippen LogP contribution in [0.4, 0.5) is 5.69 Å². The minimum atomic E-state index is -1.94. The van der Waals surface area contributed by atoms with Gasteiger partial charge in [-0.3, -0.25) is 14.9 Å². The highest BCUT2D eigenvalue weighted by Gasteiger charge is 2.33. The number of ether oxygens (including phenoxy) is 3. The Balaban J connectivity index is 2.27. The third-order valence-electron chi connectivity index (χ3n) is 3.30. The second kappa shape index (κ2) is 6.71. The van der Waals surface area contributed by atoms with E-state index in [1.165, 1.54) is 6.92 Å². The normalized spacial score (nSPS) is 15.1. The van der Waals surface area contributed by atoms with Crippen molar-refractivity contribution in [3.05, 3.63) is 27.8 Å². The lowest BCUT2D eigenvalue weighted by molar-refractivity contribution is -0.385. The number of nitrogens with zero attached hydrogens (tertiary/aromatic N) is 1. The number of rotatable bonds is 5. The number of hydrogen-bond donors (Lipinski definition) is 2. The SMILES string of the molecule is COC(=O)C(C)(O)CNC(=O)c1cc([N+](=O)[O-])cc2c1OCCO2. The molecule has 1 amide bonds. The molecule has 10 nitrogen and oxygen atoms in total. The van der Waals surface area contributed by atoms with Crippen molar-refractivity contribution in [2.45, 2.75) is 12.5 Å². The lowest BCUT2D eigenvalue weighted by Crippen LogP contribution is -2.47. The molecule has 0 bridgehead atoms. The molecule has 0 aromatic heterocycles. The van der Waals surface area contributed by atoms with Gasteiger partial charge in [-0.2, -0.15) is 0 Å². The van der Waals surface area contributed by atoms with Crippen molar-refractivity contribution in [2.75, 3.05) is 26.9 Å². The highest BCUT2D eigenvalue weighted by Crippen LogP contribution is 2.37. The smallest absolute Gasteiger partial charge is 0.339 e. The summed E-state index contributed by atoms with van der Waals surface area (Å²) in [5, 5.41) is 23.2. The van der Waals surface area contributed by atoms with Gasteiger partial charge in [0.25, 0.3) is 11.6 Å². The van der Waals surface area contributed by atoms with E-state index in [4.69, 9.17) is 9.47 Å². The van der Waals surface area contributed by atoms with Crippen LogP contribution < -0.4 is 14.8 Å². The van der Waals surface area contributed by atoms with Gasteiger partial charge in [-0.1, -0.05) is 0 Å². The molecule has 0 aliphatic carbocycles. The molecule has 1 heterocycles. The fourth-order valence-electron chi connectivity index (χ4n) is 2.05. The van der Waals surface area contributed by atoms with Crippen LogP contribution in [-0.2, 0) is 9.53 Å². The van der Waals surface area contributed by atoms with Gasteiger partial charge in [0.2, 0.25) is 0 Å². The van der Waals surface area contributed by atoms with Crippen LogP contribution in [0.1, 0.15) is 17.3 Å². The molecule has 0 fully saturated rings. The van der Waals surface area contributed by atoms with Crippen molar-refractivity contribution >= 4 is 17.6 Å². The number of carbonyl (C=O) groups is 2. The van der Waals surface area contributed by atoms with Crippen LogP contribution in [0.15, 0.2) is 12.1 Å². The maximum atomic E-state index is 12.3. The minimum Gasteiger partial charge on any atom is -0.486 e. The Bertz CT molecular complexity index is 686. The molecule has 1 aromatic carbocycles. The monoisotopic (exact) mass is 340 g/mol. The number of fused-ring (bicyclic) bond motifs is 1. The molecule has 2 N–H and O–H groups in total. The van der Waals surface area contributed by atoms with E-state index in [0.717, 1.165) is 19.2 Å². The predicted octanol–water partition coefficient (Wildman–Crippen LogP) is 0.0198. The van der Waals surface area contributed by atoms with Gasteiger partial charge in [0.15, 0.2) is 17.1 Å². The molecule has 2 rings (SSSR count). The van der Waals surface area contributed by atoms with Crippen molar-refractivity contribution in [2.24, 2.45) is 0 Å². The van der Waals surface area contributed by atoms with Crippen LogP contribution in [0.2, 0.25) is 0 Å². The average Bonchev–Trinajstić information content (AvgIpc) is 2.57. The summed E-state index contributed by atoms with van der Waals surface area (Å²) in [6, 6.07) is 2.20. The number of aliphatic hydroxyl groups is 1. The molecule has 10 heteroatoms. The van der Waals surface area contributed by atoms with Gasteiger partial charge < -0.3 is 24.6 Å². The van der Waals surface area contributed by atoms with Crippen LogP contribution in [-0.4, -0.2) is 54.4 Å². The number of amides is 1. The van der Waals surface area contributed by atoms with Gasteiger partial charge in [0.1, 0.15) is 13.2 Å². The molecule has 1 aliphatic heterocycles. The summed E-state index contributed by atoms with van der Waals surface area (Å²) in [6.45, 7) is 1.11. The van der Waals surface area contributed by atoms with Gasteiger partial charge in [0.05, 0.1) is 30.2 Å². The molecule has 0 spiro atoms. The van der Waals surface area contributed by atoms with Crippen LogP contribution in [0, 0.1) is 10.1 Å². The third kappa shape index (κ3) is 3.54. The molecule has 24 heavy (non-hydrogen) atoms. The minimum absolute atomic E-state index is 0.0714. The predicted molar refractivity (Wildman–Crippen MR) is 79.1 cm³/mol. The third-order valence-corrected chi connectivity index (χ3v) is 3.30. The maximum absolute atomic E-state index is 12.3. The largest absolute Gasteiger partial charge is 0.486 e. The molecular weight excluding hydrogens is 324 g/mol. The number of benzene rings is 1. The summed E-state index contributed by atoms with van der Waals surface area (Å²) >= 11 is 0. The number of nitrogens with one attached hydrogen (secondary N) is 1. The summed E-state index contributed by atoms with van der Waals surface area (Å²) in [5.74, 6) is -1.53. The number of hydrogen-bond acceptors (Lipinski definition) is 8. The number of esters is 1. The zero-order chi connectivity index (χ0) is 17.9. The Morgan fingerprint density at radius 3 is 2.71 bits per heavy atom. The molecule has 0 saturated heterocycles. The quantitative estimate of drug-likeness (QED) is 0.435. The zero-order valence-electron chi connectivity index (χ0n) is 13.0. The summed E-state index contributed by atoms with van der Waals surface area (Å²) in [4.78, 5) is 34.0. The second-order valence-corrected chi connectivity index (χ2v) is 5.22. The number of nitro groups is 1. The van der Waals surface area contributed by atoms with Gasteiger partial charge in [-0.15, -0.1) is 0 Å². The molecule has 130 valence electrons. The van der Waals surface area contributed by atoms with Gasteiger partial charge in [0, 0.05) is 6.07 Å². The van der Waals surface area contributed by atoms with Gasteiger partial charge in [-0.25, -0.2) is 4.79 Å². The number of nitro benzene ring substituents is 1. The standard InChI is InChI=1S/C14H16N2O8/c1-14(19,13(18)22-2)7-15-12(17)9-5-8(16(20)21)6-10-11(9)24-4-3-23-10/h5-6,19H,3-4,7H2,1-2H3,(H,15,17). The topological polar surface area (TPSA) is 137 Å². The first-order chi connectivity index (χ1) is 11.3. The molecular formula is C14H16N2O8. The van der Waals surface area contributed by atoms with E-state index >= 15 is 0 Å². The van der Waals surface area contributed by atoms with Gasteiger partial charge >= 0.3 is 5.97 Å². The van der Waals surface area contributed by atoms with Crippen molar-refractivity contribution in [1.82, 2.24) is 5.32 Å². The van der Waals surface area contributed by atoms with E-state index in [0.29, 0.717) is 0 Å². The lowest BCUT2D eigenvalue weighted by Gasteiger charge is -2.22. The van der Waals surface area contributed by atoms with Gasteiger partial charge in [-0.05, 0) is 6.92 Å². The maximum Gasteiger partial charge on any atom is 0.339 e. The fourth-order valence-corrected chi connectivity index (χ4v) is 2.05. The zero-order valence-corrected chi connectivity index (χ0v) is 13.0. The van der Waals surface area contributed by atoms with E-state index < -0.39 is 28.9 Å². The summed E-state index contributed by atoms with van der Waals surface area (Å²) in [7, 11) is 1.10. The van der Waals surface area contributed by atoms with E-state index in [9.17, 15) is 24.8 Å². The van der Waals surface area contributed by atoms with Crippen LogP contribution in [0.3, 0.4) is 0 Å². The Labute approximate surface area is 136 Å². The van der Waals surface area contributed by atoms with E-state index in [1.807, 2.05) is 0 Å². The first kappa shape index (κ1) is 17.5. The van der Waals surface area contributed by atoms with Crippen molar-refractivity contribution in [3.63, 3.8) is 0 Å². The summed E-state index contributed by atoms with van der Waals surface area (Å²) in [5.41, 5.74) is -2.41. The average molecular weight is 340 g/mol. The Morgan fingerprint density at radius 2 is 2.08 bits per heavy atom. The van der Waals surface area contributed by atoms with Crippen molar-refractivity contribution in [1.29, 1.82) is 0 Å². The summed E-state index contributed by atoms with van der Waals surface area (Å²) < 4.78 is 15.0. The number of carbonyl (C=O) groups excluding carboxylic acids is 2. The summed E-state index contributed by atoms with van der Waals surface area (Å²) in [6.07, 6.45) is 0. The fraction of sp³-hybridized carbons (Fsp3) is 0.429. The molecule has 1 aromatic rings. The number of methoxy groups -OCH3 is 1. The first-order valence-corrected chi connectivity index (χ1v) is 6.93. The second-order valence-electron chi connectivity index (χ2n) is 5.22. The Kier molecular flexibility index (Phi) is 4.88. The first-order valence-electron chi connectivity index (χ1n) is 6.93. The van der Waals surface area contributed by atoms with Crippen molar-refractivity contribution in [3.8, 4) is 11.5 Å². The highest BCUT2D eigenvalue weighted by molar-refractivity contribution is 5.99. The number of non-ortho nitro benzene ring substituents is 1. The molecule has 1 atom stereocenters. The molecule has 0 radical (unpaired) electrons. The molecule has 1 aliphatic rings. The Hall–Kier alpha value is -2.88. The Morgan fingerprint density at radius 1 is 1.42 bits per heavy atom. The highest BCUT2D eigenvalue weighted by atomic mass is 16.6. The van der Waals surface area contributed by atoms with E-state index in [2.05, 4.69) is 10.1 Å². The van der Waals surface area contributed by atoms with E-state index in [-0.39, 0.29) is 36.0 Å². The lowest BCUT2D eigenvalue weighted by atomic mass is 10.1. The van der Waals surface area contributed by atoms with E-state index in [1.54, 1.807) is 0 Å².